The number of likely N-dealkylation sites (tertiary alicyclic amines) is 1. The zero-order chi connectivity index (χ0) is 16.2. The smallest absolute Gasteiger partial charge is 0.208 e. The van der Waals surface area contributed by atoms with E-state index in [1.807, 2.05) is 0 Å². The number of aliphatic imine (C=N–C) groups is 1. The van der Waals surface area contributed by atoms with E-state index in [1.54, 1.807) is 0 Å². The van der Waals surface area contributed by atoms with Crippen molar-refractivity contribution in [1.82, 2.24) is 9.62 Å². The van der Waals surface area contributed by atoms with Gasteiger partial charge in [0, 0.05) is 25.7 Å². The van der Waals surface area contributed by atoms with Gasteiger partial charge >= 0.3 is 0 Å². The summed E-state index contributed by atoms with van der Waals surface area (Å²) in [6.45, 7) is 4.82. The minimum Gasteiger partial charge on any atom is -0.370 e. The van der Waals surface area contributed by atoms with E-state index in [4.69, 9.17) is 5.73 Å². The number of nitrogens with one attached hydrogen (secondary N) is 1. The molecule has 23 heavy (non-hydrogen) atoms. The number of guanidine groups is 1. The highest BCUT2D eigenvalue weighted by molar-refractivity contribution is 14.0. The molecule has 0 aromatic heterocycles. The maximum absolute atomic E-state index is 11.5. The van der Waals surface area contributed by atoms with Crippen LogP contribution in [0, 0.1) is 11.8 Å². The Labute approximate surface area is 157 Å². The topological polar surface area (TPSA) is 87.8 Å². The molecule has 0 bridgehead atoms. The minimum absolute atomic E-state index is 0. The van der Waals surface area contributed by atoms with Gasteiger partial charge in [-0.2, -0.15) is 0 Å². The van der Waals surface area contributed by atoms with E-state index in [0.29, 0.717) is 18.4 Å². The van der Waals surface area contributed by atoms with Crippen LogP contribution in [0.25, 0.3) is 0 Å². The van der Waals surface area contributed by atoms with Crippen LogP contribution < -0.4 is 10.5 Å². The third-order valence-corrected chi connectivity index (χ3v) is 5.47. The van der Waals surface area contributed by atoms with Crippen molar-refractivity contribution in [3.8, 4) is 0 Å². The molecule has 6 nitrogen and oxygen atoms in total. The Bertz CT molecular complexity index is 498. The summed E-state index contributed by atoms with van der Waals surface area (Å²) in [6, 6.07) is 0.000537. The number of piperidine rings is 1. The first-order valence-electron chi connectivity index (χ1n) is 8.37. The summed E-state index contributed by atoms with van der Waals surface area (Å²) < 4.78 is 25.7. The average molecular weight is 458 g/mol. The molecular weight excluding hydrogens is 427 g/mol. The second kappa shape index (κ2) is 9.41. The molecule has 3 unspecified atom stereocenters. The van der Waals surface area contributed by atoms with E-state index < -0.39 is 10.0 Å². The Kier molecular flexibility index (Phi) is 8.57. The molecule has 3 atom stereocenters. The monoisotopic (exact) mass is 458 g/mol. The molecule has 2 rings (SSSR count). The first kappa shape index (κ1) is 21.0. The molecule has 8 heteroatoms. The van der Waals surface area contributed by atoms with Gasteiger partial charge < -0.3 is 10.6 Å². The normalized spacial score (nSPS) is 29.9. The van der Waals surface area contributed by atoms with Crippen LogP contribution in [0.1, 0.15) is 45.4 Å². The first-order valence-corrected chi connectivity index (χ1v) is 10.3. The fourth-order valence-corrected chi connectivity index (χ4v) is 4.42. The molecule has 0 spiro atoms. The summed E-state index contributed by atoms with van der Waals surface area (Å²) in [4.78, 5) is 6.73. The molecule has 0 aromatic carbocycles. The summed E-state index contributed by atoms with van der Waals surface area (Å²) in [7, 11) is -3.16. The Morgan fingerprint density at radius 1 is 1.26 bits per heavy atom. The Hall–Kier alpha value is -0.0900. The highest BCUT2D eigenvalue weighted by Gasteiger charge is 2.27. The molecule has 1 aliphatic carbocycles. The van der Waals surface area contributed by atoms with E-state index in [0.717, 1.165) is 38.8 Å². The Morgan fingerprint density at radius 2 is 1.96 bits per heavy atom. The van der Waals surface area contributed by atoms with Crippen LogP contribution in [0.3, 0.4) is 0 Å². The van der Waals surface area contributed by atoms with Crippen molar-refractivity contribution >= 4 is 40.0 Å². The molecule has 136 valence electrons. The second-order valence-electron chi connectivity index (χ2n) is 6.93. The number of hydrogen-bond donors (Lipinski definition) is 2. The molecule has 0 aromatic rings. The molecule has 1 heterocycles. The van der Waals surface area contributed by atoms with Crippen molar-refractivity contribution in [2.45, 2.75) is 51.5 Å². The van der Waals surface area contributed by atoms with E-state index in [9.17, 15) is 8.42 Å². The summed E-state index contributed by atoms with van der Waals surface area (Å²) in [5.41, 5.74) is 6.14. The van der Waals surface area contributed by atoms with Gasteiger partial charge in [-0.1, -0.05) is 19.8 Å². The van der Waals surface area contributed by atoms with Gasteiger partial charge in [0.25, 0.3) is 0 Å². The standard InChI is InChI=1S/C15H30N4O2S.HI/c1-12-6-5-9-19(11-12)15(16)17-10-13-7-3-4-8-14(13)18-22(2,20)21;/h12-14,18H,3-11H2,1-2H3,(H2,16,17);1H. The highest BCUT2D eigenvalue weighted by Crippen LogP contribution is 2.25. The van der Waals surface area contributed by atoms with Crippen molar-refractivity contribution in [2.75, 3.05) is 25.9 Å². The molecule has 2 fully saturated rings. The van der Waals surface area contributed by atoms with Gasteiger partial charge in [-0.15, -0.1) is 24.0 Å². The van der Waals surface area contributed by atoms with Crippen molar-refractivity contribution in [2.24, 2.45) is 22.6 Å². The maximum Gasteiger partial charge on any atom is 0.208 e. The largest absolute Gasteiger partial charge is 0.370 e. The maximum atomic E-state index is 11.5. The van der Waals surface area contributed by atoms with Crippen LogP contribution in [0.15, 0.2) is 4.99 Å². The van der Waals surface area contributed by atoms with Gasteiger partial charge in [-0.25, -0.2) is 13.1 Å². The Balaban J connectivity index is 0.00000264. The van der Waals surface area contributed by atoms with Gasteiger partial charge in [0.1, 0.15) is 0 Å². The van der Waals surface area contributed by atoms with Crippen LogP contribution in [-0.2, 0) is 10.0 Å². The molecule has 1 saturated carbocycles. The number of sulfonamides is 1. The third-order valence-electron chi connectivity index (χ3n) is 4.74. The number of rotatable bonds is 4. The molecular formula is C15H31IN4O2S. The molecule has 1 aliphatic heterocycles. The van der Waals surface area contributed by atoms with E-state index in [-0.39, 0.29) is 35.9 Å². The van der Waals surface area contributed by atoms with Gasteiger partial charge in [-0.3, -0.25) is 4.99 Å². The van der Waals surface area contributed by atoms with Crippen LogP contribution in [0.4, 0.5) is 0 Å². The van der Waals surface area contributed by atoms with E-state index in [1.165, 1.54) is 19.1 Å². The Morgan fingerprint density at radius 3 is 2.61 bits per heavy atom. The number of halogens is 1. The molecule has 0 amide bonds. The van der Waals surface area contributed by atoms with E-state index >= 15 is 0 Å². The van der Waals surface area contributed by atoms with Crippen LogP contribution in [0.5, 0.6) is 0 Å². The van der Waals surface area contributed by atoms with Crippen molar-refractivity contribution in [1.29, 1.82) is 0 Å². The summed E-state index contributed by atoms with van der Waals surface area (Å²) in [6.07, 6.45) is 7.78. The van der Waals surface area contributed by atoms with Crippen LogP contribution >= 0.6 is 24.0 Å². The molecule has 2 aliphatic rings. The predicted molar refractivity (Wildman–Crippen MR) is 106 cm³/mol. The lowest BCUT2D eigenvalue weighted by molar-refractivity contribution is 0.266. The van der Waals surface area contributed by atoms with Crippen molar-refractivity contribution < 1.29 is 8.42 Å². The minimum atomic E-state index is -3.16. The first-order chi connectivity index (χ1) is 10.3. The van der Waals surface area contributed by atoms with Gasteiger partial charge in [0.15, 0.2) is 5.96 Å². The number of nitrogens with zero attached hydrogens (tertiary/aromatic N) is 2. The average Bonchev–Trinajstić information content (AvgIpc) is 2.44. The lowest BCUT2D eigenvalue weighted by Crippen LogP contribution is -2.45. The number of hydrogen-bond acceptors (Lipinski definition) is 3. The van der Waals surface area contributed by atoms with E-state index in [2.05, 4.69) is 21.5 Å². The second-order valence-corrected chi connectivity index (χ2v) is 8.71. The fraction of sp³-hybridized carbons (Fsp3) is 0.933. The zero-order valence-electron chi connectivity index (χ0n) is 14.2. The summed E-state index contributed by atoms with van der Waals surface area (Å²) >= 11 is 0. The number of nitrogens with two attached hydrogens (primary N) is 1. The fourth-order valence-electron chi connectivity index (χ4n) is 3.56. The SMILES string of the molecule is CC1CCCN(C(N)=NCC2CCCCC2NS(C)(=O)=O)C1.I. The van der Waals surface area contributed by atoms with Gasteiger partial charge in [-0.05, 0) is 37.5 Å². The van der Waals surface area contributed by atoms with Crippen molar-refractivity contribution in [3.05, 3.63) is 0 Å². The quantitative estimate of drug-likeness (QED) is 0.382. The van der Waals surface area contributed by atoms with Gasteiger partial charge in [0.2, 0.25) is 10.0 Å². The molecule has 0 radical (unpaired) electrons. The summed E-state index contributed by atoms with van der Waals surface area (Å²) in [5, 5.41) is 0. The molecule has 3 N–H and O–H groups in total. The highest BCUT2D eigenvalue weighted by atomic mass is 127. The van der Waals surface area contributed by atoms with Crippen molar-refractivity contribution in [3.63, 3.8) is 0 Å². The predicted octanol–water partition coefficient (Wildman–Crippen LogP) is 1.76. The van der Waals surface area contributed by atoms with Gasteiger partial charge in [0.05, 0.1) is 6.26 Å². The third kappa shape index (κ3) is 7.13. The molecule has 1 saturated heterocycles. The van der Waals surface area contributed by atoms with Crippen LogP contribution in [0.2, 0.25) is 0 Å². The lowest BCUT2D eigenvalue weighted by atomic mass is 9.85. The summed E-state index contributed by atoms with van der Waals surface area (Å²) in [5.74, 6) is 1.54. The lowest BCUT2D eigenvalue weighted by Gasteiger charge is -2.33. The zero-order valence-corrected chi connectivity index (χ0v) is 17.3. The van der Waals surface area contributed by atoms with Crippen LogP contribution in [-0.4, -0.2) is 51.2 Å².